The number of carbonyl (C=O) groups excluding carboxylic acids is 1. The van der Waals surface area contributed by atoms with Crippen LogP contribution in [0.4, 0.5) is 5.13 Å². The van der Waals surface area contributed by atoms with Crippen LogP contribution in [-0.2, 0) is 13.0 Å². The minimum Gasteiger partial charge on any atom is -0.497 e. The molecule has 1 saturated heterocycles. The third-order valence-electron chi connectivity index (χ3n) is 5.43. The Kier molecular flexibility index (Phi) is 5.31. The summed E-state index contributed by atoms with van der Waals surface area (Å²) in [7, 11) is 1.63. The quantitative estimate of drug-likeness (QED) is 0.808. The predicted octanol–water partition coefficient (Wildman–Crippen LogP) is 2.49. The fourth-order valence-corrected chi connectivity index (χ4v) is 4.84. The molecule has 0 atom stereocenters. The largest absolute Gasteiger partial charge is 0.497 e. The molecule has 1 aromatic carbocycles. The summed E-state index contributed by atoms with van der Waals surface area (Å²) in [5, 5.41) is 1.12. The zero-order valence-corrected chi connectivity index (χ0v) is 16.8. The zero-order chi connectivity index (χ0) is 18.8. The molecule has 0 N–H and O–H groups in total. The first-order valence-corrected chi connectivity index (χ1v) is 10.4. The lowest BCUT2D eigenvalue weighted by atomic mass is 10.1. The van der Waals surface area contributed by atoms with Crippen LogP contribution >= 0.6 is 11.3 Å². The molecule has 2 aromatic rings. The van der Waals surface area contributed by atoms with Crippen molar-refractivity contribution in [2.75, 3.05) is 51.3 Å². The lowest BCUT2D eigenvalue weighted by molar-refractivity contribution is 0.0736. The maximum Gasteiger partial charge on any atom is 0.254 e. The third-order valence-corrected chi connectivity index (χ3v) is 6.58. The maximum absolute atomic E-state index is 12.8. The van der Waals surface area contributed by atoms with Gasteiger partial charge in [-0.25, -0.2) is 4.98 Å². The maximum atomic E-state index is 12.8. The Morgan fingerprint density at radius 1 is 1.15 bits per heavy atom. The summed E-state index contributed by atoms with van der Waals surface area (Å²) >= 11 is 1.76. The van der Waals surface area contributed by atoms with Crippen LogP contribution in [-0.4, -0.2) is 67.1 Å². The van der Waals surface area contributed by atoms with Gasteiger partial charge in [0.05, 0.1) is 19.3 Å². The summed E-state index contributed by atoms with van der Waals surface area (Å²) in [5.74, 6) is 0.845. The van der Waals surface area contributed by atoms with Gasteiger partial charge in [-0.3, -0.25) is 4.79 Å². The molecule has 0 bridgehead atoms. The van der Waals surface area contributed by atoms with Crippen molar-refractivity contribution in [1.29, 1.82) is 0 Å². The van der Waals surface area contributed by atoms with E-state index in [1.807, 2.05) is 29.2 Å². The van der Waals surface area contributed by atoms with E-state index < -0.39 is 0 Å². The monoisotopic (exact) mass is 386 g/mol. The van der Waals surface area contributed by atoms with Gasteiger partial charge in [0.2, 0.25) is 0 Å². The second-order valence-electron chi connectivity index (χ2n) is 6.99. The summed E-state index contributed by atoms with van der Waals surface area (Å²) in [6.07, 6.45) is 0.836. The van der Waals surface area contributed by atoms with Crippen LogP contribution in [0.2, 0.25) is 0 Å². The minimum absolute atomic E-state index is 0.0785. The second-order valence-corrected chi connectivity index (χ2v) is 8.05. The average Bonchev–Trinajstić information content (AvgIpc) is 3.16. The molecule has 0 unspecified atom stereocenters. The Bertz CT molecular complexity index is 797. The van der Waals surface area contributed by atoms with Crippen molar-refractivity contribution >= 4 is 22.4 Å². The Morgan fingerprint density at radius 3 is 2.56 bits per heavy atom. The number of carbonyl (C=O) groups is 1. The molecule has 0 spiro atoms. The normalized spacial score (nSPS) is 17.7. The first-order valence-electron chi connectivity index (χ1n) is 9.57. The summed E-state index contributed by atoms with van der Waals surface area (Å²) < 4.78 is 5.18. The van der Waals surface area contributed by atoms with Crippen molar-refractivity contribution in [3.63, 3.8) is 0 Å². The Morgan fingerprint density at radius 2 is 1.89 bits per heavy atom. The molecule has 3 heterocycles. The highest BCUT2D eigenvalue weighted by molar-refractivity contribution is 7.15. The topological polar surface area (TPSA) is 48.9 Å². The van der Waals surface area contributed by atoms with E-state index in [4.69, 9.17) is 9.72 Å². The van der Waals surface area contributed by atoms with Crippen molar-refractivity contribution in [3.05, 3.63) is 40.4 Å². The van der Waals surface area contributed by atoms with E-state index in [-0.39, 0.29) is 5.91 Å². The smallest absolute Gasteiger partial charge is 0.254 e. The van der Waals surface area contributed by atoms with Crippen molar-refractivity contribution < 1.29 is 9.53 Å². The molecule has 1 fully saturated rings. The van der Waals surface area contributed by atoms with E-state index in [1.165, 1.54) is 10.6 Å². The molecule has 2 aliphatic rings. The minimum atomic E-state index is 0.0785. The Hall–Kier alpha value is -2.12. The number of nitrogens with zero attached hydrogens (tertiary/aromatic N) is 4. The first kappa shape index (κ1) is 18.3. The Labute approximate surface area is 164 Å². The number of ether oxygens (including phenoxy) is 1. The molecule has 6 nitrogen and oxygen atoms in total. The Balaban J connectivity index is 1.44. The van der Waals surface area contributed by atoms with E-state index >= 15 is 0 Å². The number of fused-ring (bicyclic) bond motifs is 1. The van der Waals surface area contributed by atoms with E-state index in [0.29, 0.717) is 12.1 Å². The SMILES string of the molecule is CCN1CCN(c2nc3c(s2)CN(C(=O)c2ccc(OC)cc2)CC3)CC1. The number of likely N-dealkylation sites (N-methyl/N-ethyl adjacent to an activating group) is 1. The summed E-state index contributed by atoms with van der Waals surface area (Å²) in [4.78, 5) is 25.8. The number of hydrogen-bond donors (Lipinski definition) is 0. The van der Waals surface area contributed by atoms with E-state index in [0.717, 1.165) is 56.6 Å². The molecular formula is C20H26N4O2S. The number of benzene rings is 1. The van der Waals surface area contributed by atoms with Gasteiger partial charge in [0, 0.05) is 49.6 Å². The zero-order valence-electron chi connectivity index (χ0n) is 16.0. The standard InChI is InChI=1S/C20H26N4O2S/c1-3-22-10-12-23(13-11-22)20-21-17-8-9-24(14-18(17)27-20)19(25)15-4-6-16(26-2)7-5-15/h4-7H,3,8-14H2,1-2H3. The molecule has 2 aliphatic heterocycles. The molecule has 0 radical (unpaired) electrons. The molecule has 1 amide bonds. The first-order chi connectivity index (χ1) is 13.2. The second kappa shape index (κ2) is 7.86. The average molecular weight is 387 g/mol. The van der Waals surface area contributed by atoms with Crippen LogP contribution < -0.4 is 9.64 Å². The molecule has 27 heavy (non-hydrogen) atoms. The van der Waals surface area contributed by atoms with Gasteiger partial charge in [0.25, 0.3) is 5.91 Å². The lowest BCUT2D eigenvalue weighted by Gasteiger charge is -2.33. The van der Waals surface area contributed by atoms with Gasteiger partial charge in [-0.2, -0.15) is 0 Å². The van der Waals surface area contributed by atoms with Crippen molar-refractivity contribution in [1.82, 2.24) is 14.8 Å². The van der Waals surface area contributed by atoms with Crippen LogP contribution in [0.5, 0.6) is 5.75 Å². The summed E-state index contributed by atoms with van der Waals surface area (Å²) in [6, 6.07) is 7.34. The van der Waals surface area contributed by atoms with Gasteiger partial charge in [-0.15, -0.1) is 0 Å². The number of rotatable bonds is 4. The molecular weight excluding hydrogens is 360 g/mol. The van der Waals surface area contributed by atoms with Gasteiger partial charge >= 0.3 is 0 Å². The van der Waals surface area contributed by atoms with E-state index in [2.05, 4.69) is 16.7 Å². The van der Waals surface area contributed by atoms with Crippen LogP contribution in [0.1, 0.15) is 27.9 Å². The number of thiazole rings is 1. The number of anilines is 1. The van der Waals surface area contributed by atoms with Crippen LogP contribution in [0.25, 0.3) is 0 Å². The number of hydrogen-bond acceptors (Lipinski definition) is 6. The predicted molar refractivity (Wildman–Crippen MR) is 108 cm³/mol. The van der Waals surface area contributed by atoms with Crippen LogP contribution in [0.15, 0.2) is 24.3 Å². The van der Waals surface area contributed by atoms with Crippen molar-refractivity contribution in [2.45, 2.75) is 19.9 Å². The van der Waals surface area contributed by atoms with Crippen molar-refractivity contribution in [2.24, 2.45) is 0 Å². The summed E-state index contributed by atoms with van der Waals surface area (Å²) in [5.41, 5.74) is 1.88. The number of methoxy groups -OCH3 is 1. The highest BCUT2D eigenvalue weighted by Crippen LogP contribution is 2.31. The van der Waals surface area contributed by atoms with Gasteiger partial charge in [-0.1, -0.05) is 18.3 Å². The lowest BCUT2D eigenvalue weighted by Crippen LogP contribution is -2.46. The highest BCUT2D eigenvalue weighted by atomic mass is 32.1. The fraction of sp³-hybridized carbons (Fsp3) is 0.500. The number of amides is 1. The third kappa shape index (κ3) is 3.80. The molecule has 144 valence electrons. The van der Waals surface area contributed by atoms with Crippen LogP contribution in [0.3, 0.4) is 0 Å². The molecule has 0 saturated carbocycles. The highest BCUT2D eigenvalue weighted by Gasteiger charge is 2.27. The number of aromatic nitrogens is 1. The fourth-order valence-electron chi connectivity index (χ4n) is 3.66. The van der Waals surface area contributed by atoms with Gasteiger partial charge in [0.1, 0.15) is 5.75 Å². The molecule has 7 heteroatoms. The van der Waals surface area contributed by atoms with Crippen molar-refractivity contribution in [3.8, 4) is 5.75 Å². The van der Waals surface area contributed by atoms with Gasteiger partial charge in [-0.05, 0) is 30.8 Å². The van der Waals surface area contributed by atoms with Gasteiger partial charge < -0.3 is 19.4 Å². The molecule has 1 aromatic heterocycles. The van der Waals surface area contributed by atoms with Crippen LogP contribution in [0, 0.1) is 0 Å². The van der Waals surface area contributed by atoms with Gasteiger partial charge in [0.15, 0.2) is 5.13 Å². The summed E-state index contributed by atoms with van der Waals surface area (Å²) in [6.45, 7) is 8.99. The van der Waals surface area contributed by atoms with E-state index in [9.17, 15) is 4.79 Å². The molecule has 4 rings (SSSR count). The van der Waals surface area contributed by atoms with E-state index in [1.54, 1.807) is 18.4 Å². The molecule has 0 aliphatic carbocycles. The number of piperazine rings is 1.